The zero-order valence-electron chi connectivity index (χ0n) is 13.8. The molecule has 3 aromatic rings. The molecule has 2 aromatic heterocycles. The molecule has 1 atom stereocenters. The van der Waals surface area contributed by atoms with E-state index < -0.39 is 0 Å². The Morgan fingerprint density at radius 2 is 2.12 bits per heavy atom. The third kappa shape index (κ3) is 2.80. The van der Waals surface area contributed by atoms with Gasteiger partial charge in [0.05, 0.1) is 16.2 Å². The first-order chi connectivity index (χ1) is 11.7. The maximum absolute atomic E-state index is 6.46. The summed E-state index contributed by atoms with van der Waals surface area (Å²) in [5.41, 5.74) is 3.45. The average molecular weight is 341 g/mol. The Morgan fingerprint density at radius 3 is 2.96 bits per heavy atom. The summed E-state index contributed by atoms with van der Waals surface area (Å²) >= 11 is 6.46. The van der Waals surface area contributed by atoms with Crippen LogP contribution in [0.15, 0.2) is 42.7 Å². The van der Waals surface area contributed by atoms with Crippen LogP contribution in [0.2, 0.25) is 5.02 Å². The molecule has 0 spiro atoms. The summed E-state index contributed by atoms with van der Waals surface area (Å²) in [6.45, 7) is 1.91. The van der Waals surface area contributed by atoms with Gasteiger partial charge < -0.3 is 0 Å². The number of aromatic nitrogens is 3. The van der Waals surface area contributed by atoms with Crippen LogP contribution in [-0.4, -0.2) is 26.2 Å². The average Bonchev–Trinajstić information content (AvgIpc) is 2.93. The van der Waals surface area contributed by atoms with E-state index in [9.17, 15) is 0 Å². The zero-order valence-corrected chi connectivity index (χ0v) is 14.6. The van der Waals surface area contributed by atoms with Crippen LogP contribution in [0, 0.1) is 0 Å². The van der Waals surface area contributed by atoms with Gasteiger partial charge in [-0.3, -0.25) is 14.6 Å². The van der Waals surface area contributed by atoms with Crippen molar-refractivity contribution in [2.24, 2.45) is 7.05 Å². The number of likely N-dealkylation sites (tertiary alicyclic amines) is 1. The summed E-state index contributed by atoms with van der Waals surface area (Å²) in [4.78, 5) is 6.82. The Kier molecular flexibility index (Phi) is 4.25. The molecule has 1 saturated heterocycles. The number of pyridine rings is 1. The normalized spacial score (nSPS) is 19.0. The van der Waals surface area contributed by atoms with Gasteiger partial charge in [0.25, 0.3) is 0 Å². The molecule has 0 radical (unpaired) electrons. The van der Waals surface area contributed by atoms with E-state index in [4.69, 9.17) is 16.7 Å². The predicted molar refractivity (Wildman–Crippen MR) is 97.0 cm³/mol. The molecule has 1 aliphatic heterocycles. The molecule has 0 aliphatic carbocycles. The maximum atomic E-state index is 6.46. The maximum Gasteiger partial charge on any atom is 0.0858 e. The number of halogens is 1. The second-order valence-electron chi connectivity index (χ2n) is 6.47. The summed E-state index contributed by atoms with van der Waals surface area (Å²) in [5, 5.41) is 6.61. The summed E-state index contributed by atoms with van der Waals surface area (Å²) < 4.78 is 1.93. The molecule has 0 amide bonds. The zero-order chi connectivity index (χ0) is 16.5. The van der Waals surface area contributed by atoms with Crippen LogP contribution in [0.3, 0.4) is 0 Å². The molecule has 124 valence electrons. The highest BCUT2D eigenvalue weighted by Crippen LogP contribution is 2.34. The standard InChI is InChI=1S/C19H21ClN4/c1-23-18-9-4-7-15(20)19(18)16(22-23)13-24-11-3-2-8-17(24)14-6-5-10-21-12-14/h4-7,9-10,12,17H,2-3,8,11,13H2,1H3. The first-order valence-corrected chi connectivity index (χ1v) is 8.86. The second kappa shape index (κ2) is 6.54. The molecule has 1 fully saturated rings. The highest BCUT2D eigenvalue weighted by molar-refractivity contribution is 6.35. The van der Waals surface area contributed by atoms with Gasteiger partial charge in [-0.2, -0.15) is 5.10 Å². The van der Waals surface area contributed by atoms with Gasteiger partial charge in [-0.1, -0.05) is 30.2 Å². The monoisotopic (exact) mass is 340 g/mol. The molecule has 3 heterocycles. The lowest BCUT2D eigenvalue weighted by molar-refractivity contribution is 0.138. The van der Waals surface area contributed by atoms with Gasteiger partial charge >= 0.3 is 0 Å². The molecule has 24 heavy (non-hydrogen) atoms. The van der Waals surface area contributed by atoms with Crippen LogP contribution in [0.4, 0.5) is 0 Å². The lowest BCUT2D eigenvalue weighted by atomic mass is 9.96. The van der Waals surface area contributed by atoms with Crippen LogP contribution in [-0.2, 0) is 13.6 Å². The van der Waals surface area contributed by atoms with Crippen molar-refractivity contribution in [1.82, 2.24) is 19.7 Å². The second-order valence-corrected chi connectivity index (χ2v) is 6.88. The quantitative estimate of drug-likeness (QED) is 0.710. The van der Waals surface area contributed by atoms with Gasteiger partial charge in [0.2, 0.25) is 0 Å². The Morgan fingerprint density at radius 1 is 1.21 bits per heavy atom. The van der Waals surface area contributed by atoms with E-state index in [1.807, 2.05) is 42.3 Å². The Labute approximate surface area is 147 Å². The molecule has 0 bridgehead atoms. The van der Waals surface area contributed by atoms with Crippen molar-refractivity contribution in [3.8, 4) is 0 Å². The molecule has 1 unspecified atom stereocenters. The summed E-state index contributed by atoms with van der Waals surface area (Å²) in [7, 11) is 1.98. The van der Waals surface area contributed by atoms with Crippen molar-refractivity contribution >= 4 is 22.5 Å². The molecule has 4 rings (SSSR count). The van der Waals surface area contributed by atoms with Gasteiger partial charge in [-0.05, 0) is 43.1 Å². The van der Waals surface area contributed by atoms with Crippen LogP contribution < -0.4 is 0 Å². The summed E-state index contributed by atoms with van der Waals surface area (Å²) in [5.74, 6) is 0. The fourth-order valence-electron chi connectivity index (χ4n) is 3.79. The molecule has 1 aliphatic rings. The number of hydrogen-bond donors (Lipinski definition) is 0. The Hall–Kier alpha value is -1.91. The van der Waals surface area contributed by atoms with E-state index >= 15 is 0 Å². The van der Waals surface area contributed by atoms with Gasteiger partial charge in [-0.15, -0.1) is 0 Å². The van der Waals surface area contributed by atoms with Crippen LogP contribution in [0.25, 0.3) is 10.9 Å². The third-order valence-corrected chi connectivity index (χ3v) is 5.25. The fourth-order valence-corrected chi connectivity index (χ4v) is 4.07. The molecular weight excluding hydrogens is 320 g/mol. The van der Waals surface area contributed by atoms with E-state index in [0.29, 0.717) is 6.04 Å². The molecular formula is C19H21ClN4. The van der Waals surface area contributed by atoms with Crippen molar-refractivity contribution in [2.45, 2.75) is 31.8 Å². The number of nitrogens with zero attached hydrogens (tertiary/aromatic N) is 4. The number of fused-ring (bicyclic) bond motifs is 1. The number of benzene rings is 1. The number of hydrogen-bond acceptors (Lipinski definition) is 3. The van der Waals surface area contributed by atoms with Gasteiger partial charge in [-0.25, -0.2) is 0 Å². The minimum absolute atomic E-state index is 0.409. The lowest BCUT2D eigenvalue weighted by Crippen LogP contribution is -2.33. The summed E-state index contributed by atoms with van der Waals surface area (Å²) in [6, 6.07) is 10.6. The van der Waals surface area contributed by atoms with E-state index in [1.54, 1.807) is 0 Å². The van der Waals surface area contributed by atoms with Crippen molar-refractivity contribution in [2.75, 3.05) is 6.54 Å². The van der Waals surface area contributed by atoms with Gasteiger partial charge in [0.15, 0.2) is 0 Å². The predicted octanol–water partition coefficient (Wildman–Crippen LogP) is 4.35. The van der Waals surface area contributed by atoms with Crippen LogP contribution in [0.5, 0.6) is 0 Å². The smallest absolute Gasteiger partial charge is 0.0858 e. The van der Waals surface area contributed by atoms with Crippen molar-refractivity contribution in [3.63, 3.8) is 0 Å². The number of rotatable bonds is 3. The molecule has 1 aromatic carbocycles. The topological polar surface area (TPSA) is 34.0 Å². The Balaban J connectivity index is 1.69. The molecule has 0 N–H and O–H groups in total. The van der Waals surface area contributed by atoms with Crippen LogP contribution >= 0.6 is 11.6 Å². The lowest BCUT2D eigenvalue weighted by Gasteiger charge is -2.35. The minimum Gasteiger partial charge on any atom is -0.290 e. The molecule has 4 nitrogen and oxygen atoms in total. The fraction of sp³-hybridized carbons (Fsp3) is 0.368. The van der Waals surface area contributed by atoms with Crippen LogP contribution in [0.1, 0.15) is 36.6 Å². The first-order valence-electron chi connectivity index (χ1n) is 8.48. The first kappa shape index (κ1) is 15.6. The summed E-state index contributed by atoms with van der Waals surface area (Å²) in [6.07, 6.45) is 7.49. The van der Waals surface area contributed by atoms with Gasteiger partial charge in [0, 0.05) is 37.4 Å². The Bertz CT molecular complexity index is 843. The highest BCUT2D eigenvalue weighted by Gasteiger charge is 2.26. The van der Waals surface area contributed by atoms with Crippen molar-refractivity contribution < 1.29 is 0 Å². The van der Waals surface area contributed by atoms with Crippen molar-refractivity contribution in [3.05, 3.63) is 59.0 Å². The molecule has 5 heteroatoms. The minimum atomic E-state index is 0.409. The largest absolute Gasteiger partial charge is 0.290 e. The SMILES string of the molecule is Cn1nc(CN2CCCCC2c2cccnc2)c2c(Cl)cccc21. The third-order valence-electron chi connectivity index (χ3n) is 4.94. The van der Waals surface area contributed by atoms with E-state index in [0.717, 1.165) is 34.7 Å². The highest BCUT2D eigenvalue weighted by atomic mass is 35.5. The molecule has 0 saturated carbocycles. The van der Waals surface area contributed by atoms with Crippen molar-refractivity contribution in [1.29, 1.82) is 0 Å². The van der Waals surface area contributed by atoms with E-state index in [-0.39, 0.29) is 0 Å². The van der Waals surface area contributed by atoms with Gasteiger partial charge in [0.1, 0.15) is 0 Å². The number of piperidine rings is 1. The van der Waals surface area contributed by atoms with E-state index in [1.165, 1.54) is 24.8 Å². The number of aryl methyl sites for hydroxylation is 1. The van der Waals surface area contributed by atoms with E-state index in [2.05, 4.69) is 22.0 Å².